The van der Waals surface area contributed by atoms with E-state index in [2.05, 4.69) is 35.4 Å². The third-order valence-electron chi connectivity index (χ3n) is 3.76. The van der Waals surface area contributed by atoms with Crippen LogP contribution in [0.3, 0.4) is 0 Å². The summed E-state index contributed by atoms with van der Waals surface area (Å²) in [6.45, 7) is 6.16. The van der Waals surface area contributed by atoms with Crippen LogP contribution in [-0.4, -0.2) is 16.5 Å². The fraction of sp³-hybridized carbons (Fsp3) is 0.312. The van der Waals surface area contributed by atoms with Crippen molar-refractivity contribution < 1.29 is 4.74 Å². The minimum absolute atomic E-state index is 0.726. The van der Waals surface area contributed by atoms with Crippen LogP contribution in [0.25, 0.3) is 16.2 Å². The van der Waals surface area contributed by atoms with Crippen molar-refractivity contribution in [3.8, 4) is 17.0 Å². The van der Waals surface area contributed by atoms with Gasteiger partial charge in [0.1, 0.15) is 11.6 Å². The van der Waals surface area contributed by atoms with Crippen LogP contribution in [0.1, 0.15) is 23.1 Å². The lowest BCUT2D eigenvalue weighted by atomic mass is 10.1. The zero-order valence-electron chi connectivity index (χ0n) is 12.7. The lowest BCUT2D eigenvalue weighted by molar-refractivity contribution is 0.412. The molecule has 0 fully saturated rings. The van der Waals surface area contributed by atoms with E-state index in [0.29, 0.717) is 0 Å². The Bertz CT molecular complexity index is 817. The Morgan fingerprint density at radius 1 is 1.33 bits per heavy atom. The summed E-state index contributed by atoms with van der Waals surface area (Å²) >= 11 is 1.71. The number of aryl methyl sites for hydroxylation is 3. The van der Waals surface area contributed by atoms with Gasteiger partial charge in [-0.1, -0.05) is 6.92 Å². The van der Waals surface area contributed by atoms with Crippen molar-refractivity contribution in [3.05, 3.63) is 34.3 Å². The molecular weight excluding hydrogens is 282 g/mol. The van der Waals surface area contributed by atoms with E-state index in [0.717, 1.165) is 45.5 Å². The summed E-state index contributed by atoms with van der Waals surface area (Å²) in [6.07, 6.45) is 0.965. The molecule has 0 radical (unpaired) electrons. The Morgan fingerprint density at radius 2 is 2.10 bits per heavy atom. The third-order valence-corrected chi connectivity index (χ3v) is 4.94. The van der Waals surface area contributed by atoms with E-state index >= 15 is 0 Å². The first-order valence-corrected chi connectivity index (χ1v) is 7.79. The van der Waals surface area contributed by atoms with Crippen LogP contribution in [0.5, 0.6) is 5.75 Å². The molecule has 0 unspecified atom stereocenters. The van der Waals surface area contributed by atoms with Crippen LogP contribution in [0, 0.1) is 13.8 Å². The predicted molar refractivity (Wildman–Crippen MR) is 88.3 cm³/mol. The highest BCUT2D eigenvalue weighted by Crippen LogP contribution is 2.36. The molecule has 21 heavy (non-hydrogen) atoms. The van der Waals surface area contributed by atoms with E-state index in [4.69, 9.17) is 10.5 Å². The van der Waals surface area contributed by atoms with Crippen molar-refractivity contribution in [2.75, 3.05) is 12.8 Å². The van der Waals surface area contributed by atoms with Crippen LogP contribution in [0.2, 0.25) is 0 Å². The van der Waals surface area contributed by atoms with Gasteiger partial charge in [0, 0.05) is 10.4 Å². The number of anilines is 1. The predicted octanol–water partition coefficient (Wildman–Crippen LogP) is 3.83. The topological polar surface area (TPSA) is 52.5 Å². The van der Waals surface area contributed by atoms with Gasteiger partial charge in [-0.3, -0.25) is 4.40 Å². The number of ether oxygens (including phenoxy) is 1. The Kier molecular flexibility index (Phi) is 3.37. The van der Waals surface area contributed by atoms with Gasteiger partial charge in [-0.25, -0.2) is 4.98 Å². The van der Waals surface area contributed by atoms with Gasteiger partial charge in [0.15, 0.2) is 4.96 Å². The fourth-order valence-corrected chi connectivity index (χ4v) is 3.77. The molecule has 2 N–H and O–H groups in total. The van der Waals surface area contributed by atoms with Gasteiger partial charge in [-0.2, -0.15) is 0 Å². The first-order valence-electron chi connectivity index (χ1n) is 6.98. The van der Waals surface area contributed by atoms with Crippen molar-refractivity contribution in [3.63, 3.8) is 0 Å². The van der Waals surface area contributed by atoms with Crippen LogP contribution in [0.15, 0.2) is 18.2 Å². The summed E-state index contributed by atoms with van der Waals surface area (Å²) in [5.41, 5.74) is 10.5. The highest BCUT2D eigenvalue weighted by atomic mass is 32.1. The molecule has 2 heterocycles. The van der Waals surface area contributed by atoms with Gasteiger partial charge >= 0.3 is 0 Å². The number of hydrogen-bond donors (Lipinski definition) is 1. The van der Waals surface area contributed by atoms with E-state index in [9.17, 15) is 0 Å². The van der Waals surface area contributed by atoms with Crippen LogP contribution in [-0.2, 0) is 6.42 Å². The number of methoxy groups -OCH3 is 1. The summed E-state index contributed by atoms with van der Waals surface area (Å²) < 4.78 is 7.42. The number of fused-ring (bicyclic) bond motifs is 1. The second-order valence-electron chi connectivity index (χ2n) is 5.11. The number of imidazole rings is 1. The molecule has 1 aromatic carbocycles. The number of nitrogens with zero attached hydrogens (tertiary/aromatic N) is 2. The van der Waals surface area contributed by atoms with Gasteiger partial charge in [0.25, 0.3) is 0 Å². The van der Waals surface area contributed by atoms with Crippen molar-refractivity contribution in [2.45, 2.75) is 27.2 Å². The third kappa shape index (κ3) is 2.08. The molecule has 110 valence electrons. The molecule has 0 saturated heterocycles. The quantitative estimate of drug-likeness (QED) is 0.800. The lowest BCUT2D eigenvalue weighted by Gasteiger charge is -2.09. The van der Waals surface area contributed by atoms with Crippen molar-refractivity contribution in [1.82, 2.24) is 9.38 Å². The monoisotopic (exact) mass is 301 g/mol. The number of hydrogen-bond acceptors (Lipinski definition) is 4. The molecule has 0 aliphatic carbocycles. The average molecular weight is 301 g/mol. The molecule has 3 aromatic rings. The minimum atomic E-state index is 0.726. The van der Waals surface area contributed by atoms with E-state index in [1.165, 1.54) is 4.88 Å². The number of nitrogens with two attached hydrogens (primary N) is 1. The SMILES string of the molecule is CCc1sc2nc(C)c(N)n2c1-c1ccc(OC)c(C)c1. The second kappa shape index (κ2) is 5.07. The zero-order chi connectivity index (χ0) is 15.1. The molecule has 0 aliphatic heterocycles. The van der Waals surface area contributed by atoms with Crippen molar-refractivity contribution in [2.24, 2.45) is 0 Å². The standard InChI is InChI=1S/C16H19N3OS/c1-5-13-14(11-6-7-12(20-4)9(2)8-11)19-15(17)10(3)18-16(19)21-13/h6-8H,5,17H2,1-4H3. The average Bonchev–Trinajstić information content (AvgIpc) is 2.96. The van der Waals surface area contributed by atoms with Gasteiger partial charge in [0.2, 0.25) is 0 Å². The van der Waals surface area contributed by atoms with Gasteiger partial charge < -0.3 is 10.5 Å². The summed E-state index contributed by atoms with van der Waals surface area (Å²) in [6, 6.07) is 6.24. The molecule has 0 amide bonds. The van der Waals surface area contributed by atoms with Crippen molar-refractivity contribution in [1.29, 1.82) is 0 Å². The molecule has 2 aromatic heterocycles. The number of nitrogen functional groups attached to an aromatic ring is 1. The normalized spacial score (nSPS) is 11.2. The molecule has 3 rings (SSSR count). The van der Waals surface area contributed by atoms with Crippen molar-refractivity contribution >= 4 is 22.1 Å². The summed E-state index contributed by atoms with van der Waals surface area (Å²) in [7, 11) is 1.69. The maximum atomic E-state index is 6.22. The van der Waals surface area contributed by atoms with E-state index in [1.807, 2.05) is 13.0 Å². The molecule has 0 spiro atoms. The van der Waals surface area contributed by atoms with Crippen LogP contribution >= 0.6 is 11.3 Å². The van der Waals surface area contributed by atoms with Crippen LogP contribution in [0.4, 0.5) is 5.82 Å². The Balaban J connectivity index is 2.29. The molecule has 0 bridgehead atoms. The number of thiazole rings is 1. The first kappa shape index (κ1) is 13.9. The van der Waals surface area contributed by atoms with E-state index in [1.54, 1.807) is 18.4 Å². The molecule has 5 heteroatoms. The summed E-state index contributed by atoms with van der Waals surface area (Å²) in [4.78, 5) is 6.82. The maximum absolute atomic E-state index is 6.22. The lowest BCUT2D eigenvalue weighted by Crippen LogP contribution is -1.97. The Morgan fingerprint density at radius 3 is 2.71 bits per heavy atom. The molecule has 4 nitrogen and oxygen atoms in total. The first-order chi connectivity index (χ1) is 10.1. The highest BCUT2D eigenvalue weighted by Gasteiger charge is 2.18. The van der Waals surface area contributed by atoms with Gasteiger partial charge in [-0.15, -0.1) is 11.3 Å². The highest BCUT2D eigenvalue weighted by molar-refractivity contribution is 7.17. The smallest absolute Gasteiger partial charge is 0.196 e. The number of rotatable bonds is 3. The fourth-order valence-electron chi connectivity index (χ4n) is 2.64. The molecular formula is C16H19N3OS. The molecule has 0 saturated carbocycles. The second-order valence-corrected chi connectivity index (χ2v) is 6.17. The molecule has 0 atom stereocenters. The zero-order valence-corrected chi connectivity index (χ0v) is 13.5. The number of aromatic nitrogens is 2. The maximum Gasteiger partial charge on any atom is 0.196 e. The summed E-state index contributed by atoms with van der Waals surface area (Å²) in [5.74, 6) is 1.63. The van der Waals surface area contributed by atoms with Crippen LogP contribution < -0.4 is 10.5 Å². The largest absolute Gasteiger partial charge is 0.496 e. The Labute approximate surface area is 128 Å². The minimum Gasteiger partial charge on any atom is -0.496 e. The van der Waals surface area contributed by atoms with Gasteiger partial charge in [0.05, 0.1) is 18.5 Å². The van der Waals surface area contributed by atoms with E-state index in [-0.39, 0.29) is 0 Å². The number of benzene rings is 1. The van der Waals surface area contributed by atoms with E-state index < -0.39 is 0 Å². The Hall–Kier alpha value is -2.01. The van der Waals surface area contributed by atoms with Gasteiger partial charge in [-0.05, 0) is 44.0 Å². The molecule has 0 aliphatic rings. The summed E-state index contributed by atoms with van der Waals surface area (Å²) in [5, 5.41) is 0.